The van der Waals surface area contributed by atoms with Gasteiger partial charge in [0.1, 0.15) is 11.9 Å². The maximum absolute atomic E-state index is 14.0. The third-order valence-electron chi connectivity index (χ3n) is 4.00. The van der Waals surface area contributed by atoms with E-state index in [2.05, 4.69) is 25.6 Å². The summed E-state index contributed by atoms with van der Waals surface area (Å²) in [5, 5.41) is 14.1. The van der Waals surface area contributed by atoms with Gasteiger partial charge in [0, 0.05) is 18.1 Å². The second-order valence-electron chi connectivity index (χ2n) is 5.35. The minimum Gasteiger partial charge on any atom is -0.377 e. The molecule has 3 aromatic rings. The van der Waals surface area contributed by atoms with Crippen LogP contribution in [0.1, 0.15) is 22.2 Å². The van der Waals surface area contributed by atoms with Crippen molar-refractivity contribution in [1.82, 2.24) is 30.5 Å². The molecule has 24 heavy (non-hydrogen) atoms. The highest BCUT2D eigenvalue weighted by Crippen LogP contribution is 2.26. The van der Waals surface area contributed by atoms with Crippen LogP contribution in [0.4, 0.5) is 4.39 Å². The molecule has 3 heterocycles. The lowest BCUT2D eigenvalue weighted by molar-refractivity contribution is -0.00511. The minimum absolute atomic E-state index is 0.267. The van der Waals surface area contributed by atoms with Crippen LogP contribution < -0.4 is 0 Å². The molecule has 1 amide bonds. The molecule has 1 aliphatic rings. The molecule has 1 aliphatic heterocycles. The number of carbonyl (C=O) groups is 1. The molecule has 1 N–H and O–H groups in total. The summed E-state index contributed by atoms with van der Waals surface area (Å²) in [6.45, 7) is 1.06. The molecule has 4 rings (SSSR count). The number of nitrogens with one attached hydrogen (secondary N) is 1. The molecule has 0 spiro atoms. The molecule has 1 aromatic carbocycles. The summed E-state index contributed by atoms with van der Waals surface area (Å²) in [6, 6.07) is 5.52. The lowest BCUT2D eigenvalue weighted by Crippen LogP contribution is -2.44. The molecule has 8 nitrogen and oxygen atoms in total. The van der Waals surface area contributed by atoms with Gasteiger partial charge in [0.25, 0.3) is 5.91 Å². The van der Waals surface area contributed by atoms with Crippen molar-refractivity contribution in [2.24, 2.45) is 0 Å². The molecular formula is C15H13FN6O2. The fourth-order valence-corrected chi connectivity index (χ4v) is 2.84. The summed E-state index contributed by atoms with van der Waals surface area (Å²) in [5.41, 5.74) is 0.670. The van der Waals surface area contributed by atoms with Gasteiger partial charge in [-0.05, 0) is 24.3 Å². The number of H-pyrrole nitrogens is 1. The van der Waals surface area contributed by atoms with Crippen molar-refractivity contribution in [3.05, 3.63) is 47.7 Å². The van der Waals surface area contributed by atoms with E-state index in [9.17, 15) is 9.18 Å². The number of hydrogen-bond donors (Lipinski definition) is 1. The first-order chi connectivity index (χ1) is 11.8. The van der Waals surface area contributed by atoms with Crippen LogP contribution in [0.5, 0.6) is 0 Å². The molecule has 0 bridgehead atoms. The first-order valence-corrected chi connectivity index (χ1v) is 7.41. The van der Waals surface area contributed by atoms with Gasteiger partial charge in [-0.15, -0.1) is 10.2 Å². The van der Waals surface area contributed by atoms with Crippen LogP contribution in [0.3, 0.4) is 0 Å². The number of amides is 1. The van der Waals surface area contributed by atoms with E-state index in [0.29, 0.717) is 35.4 Å². The number of rotatable bonds is 2. The summed E-state index contributed by atoms with van der Waals surface area (Å²) >= 11 is 0. The van der Waals surface area contributed by atoms with Crippen molar-refractivity contribution in [2.75, 3.05) is 19.8 Å². The third-order valence-corrected chi connectivity index (χ3v) is 4.00. The Hall–Kier alpha value is -2.94. The number of halogens is 1. The Labute approximate surface area is 135 Å². The monoisotopic (exact) mass is 328 g/mol. The molecule has 1 unspecified atom stereocenters. The van der Waals surface area contributed by atoms with Crippen molar-refractivity contribution >= 4 is 16.8 Å². The molecule has 122 valence electrons. The Kier molecular flexibility index (Phi) is 3.62. The fraction of sp³-hybridized carbons (Fsp3) is 0.267. The molecule has 0 aliphatic carbocycles. The Morgan fingerprint density at radius 3 is 3.12 bits per heavy atom. The zero-order valence-electron chi connectivity index (χ0n) is 12.5. The number of aromatic nitrogens is 5. The van der Waals surface area contributed by atoms with Crippen LogP contribution in [0.15, 0.2) is 30.5 Å². The van der Waals surface area contributed by atoms with Gasteiger partial charge in [0.05, 0.1) is 24.3 Å². The van der Waals surface area contributed by atoms with Gasteiger partial charge in [-0.25, -0.2) is 4.39 Å². The van der Waals surface area contributed by atoms with E-state index >= 15 is 0 Å². The number of benzene rings is 1. The first kappa shape index (κ1) is 14.6. The first-order valence-electron chi connectivity index (χ1n) is 7.41. The van der Waals surface area contributed by atoms with Gasteiger partial charge >= 0.3 is 0 Å². The van der Waals surface area contributed by atoms with E-state index in [1.54, 1.807) is 17.0 Å². The summed E-state index contributed by atoms with van der Waals surface area (Å²) in [4.78, 5) is 18.8. The van der Waals surface area contributed by atoms with E-state index in [4.69, 9.17) is 4.74 Å². The number of nitrogens with zero attached hydrogens (tertiary/aromatic N) is 5. The van der Waals surface area contributed by atoms with Gasteiger partial charge in [-0.2, -0.15) is 5.21 Å². The number of carbonyl (C=O) groups excluding carboxylic acids is 1. The van der Waals surface area contributed by atoms with Crippen LogP contribution in [0, 0.1) is 5.82 Å². The van der Waals surface area contributed by atoms with Crippen LogP contribution in [0.25, 0.3) is 10.9 Å². The minimum atomic E-state index is -0.450. The maximum atomic E-state index is 14.0. The number of morpholine rings is 1. The topological polar surface area (TPSA) is 96.9 Å². The highest BCUT2D eigenvalue weighted by atomic mass is 19.1. The van der Waals surface area contributed by atoms with Gasteiger partial charge in [0.15, 0.2) is 5.82 Å². The van der Waals surface area contributed by atoms with Gasteiger partial charge < -0.3 is 9.64 Å². The highest BCUT2D eigenvalue weighted by molar-refractivity contribution is 6.05. The normalized spacial score (nSPS) is 18.0. The Morgan fingerprint density at radius 1 is 1.38 bits per heavy atom. The SMILES string of the molecule is O=C(c1ccc(F)c2cccnc12)N1CCOCC1c1nn[nH]n1. The van der Waals surface area contributed by atoms with Crippen LogP contribution in [-0.2, 0) is 4.74 Å². The van der Waals surface area contributed by atoms with Gasteiger partial charge in [-0.3, -0.25) is 9.78 Å². The summed E-state index contributed by atoms with van der Waals surface area (Å²) < 4.78 is 19.4. The molecule has 9 heteroatoms. The average Bonchev–Trinajstić information content (AvgIpc) is 3.16. The number of tetrazole rings is 1. The van der Waals surface area contributed by atoms with Crippen molar-refractivity contribution in [3.63, 3.8) is 0 Å². The van der Waals surface area contributed by atoms with Gasteiger partial charge in [0.2, 0.25) is 0 Å². The average molecular weight is 328 g/mol. The molecule has 1 atom stereocenters. The molecule has 2 aromatic heterocycles. The Morgan fingerprint density at radius 2 is 2.29 bits per heavy atom. The van der Waals surface area contributed by atoms with Crippen molar-refractivity contribution < 1.29 is 13.9 Å². The van der Waals surface area contributed by atoms with Crippen molar-refractivity contribution in [3.8, 4) is 0 Å². The number of pyridine rings is 1. The van der Waals surface area contributed by atoms with Crippen LogP contribution >= 0.6 is 0 Å². The summed E-state index contributed by atoms with van der Waals surface area (Å²) in [6.07, 6.45) is 1.54. The van der Waals surface area contributed by atoms with Crippen molar-refractivity contribution in [2.45, 2.75) is 6.04 Å². The standard InChI is InChI=1S/C15H13FN6O2/c16-11-4-3-10(13-9(11)2-1-5-17-13)15(23)22-6-7-24-8-12(22)14-18-20-21-19-14/h1-5,12H,6-8H2,(H,18,19,20,21). The van der Waals surface area contributed by atoms with E-state index in [1.807, 2.05) is 0 Å². The van der Waals surface area contributed by atoms with Crippen molar-refractivity contribution in [1.29, 1.82) is 0 Å². The Bertz CT molecular complexity index is 885. The van der Waals surface area contributed by atoms with Gasteiger partial charge in [-0.1, -0.05) is 5.21 Å². The number of hydrogen-bond acceptors (Lipinski definition) is 6. The number of aromatic amines is 1. The zero-order valence-corrected chi connectivity index (χ0v) is 12.5. The molecule has 1 fully saturated rings. The second-order valence-corrected chi connectivity index (χ2v) is 5.35. The van der Waals surface area contributed by atoms with Crippen LogP contribution in [0.2, 0.25) is 0 Å². The molecular weight excluding hydrogens is 315 g/mol. The Balaban J connectivity index is 1.76. The second kappa shape index (κ2) is 5.93. The highest BCUT2D eigenvalue weighted by Gasteiger charge is 2.33. The summed E-state index contributed by atoms with van der Waals surface area (Å²) in [7, 11) is 0. The number of fused-ring (bicyclic) bond motifs is 1. The fourth-order valence-electron chi connectivity index (χ4n) is 2.84. The number of ether oxygens (including phenoxy) is 1. The maximum Gasteiger partial charge on any atom is 0.256 e. The quantitative estimate of drug-likeness (QED) is 0.757. The largest absolute Gasteiger partial charge is 0.377 e. The van der Waals surface area contributed by atoms with E-state index < -0.39 is 11.9 Å². The van der Waals surface area contributed by atoms with Crippen LogP contribution in [-0.4, -0.2) is 56.2 Å². The van der Waals surface area contributed by atoms with E-state index in [1.165, 1.54) is 18.3 Å². The lowest BCUT2D eigenvalue weighted by atomic mass is 10.1. The molecule has 0 saturated carbocycles. The smallest absolute Gasteiger partial charge is 0.256 e. The molecule has 1 saturated heterocycles. The van der Waals surface area contributed by atoms with E-state index in [-0.39, 0.29) is 12.5 Å². The molecule has 0 radical (unpaired) electrons. The van der Waals surface area contributed by atoms with E-state index in [0.717, 1.165) is 0 Å². The predicted octanol–water partition coefficient (Wildman–Crippen LogP) is 1.10. The third kappa shape index (κ3) is 2.38. The predicted molar refractivity (Wildman–Crippen MR) is 80.5 cm³/mol. The zero-order chi connectivity index (χ0) is 16.5. The summed E-state index contributed by atoms with van der Waals surface area (Å²) in [5.74, 6) is -0.300. The lowest BCUT2D eigenvalue weighted by Gasteiger charge is -2.33.